The van der Waals surface area contributed by atoms with Crippen LogP contribution in [0.15, 0.2) is 0 Å². The molecule has 0 aromatic heterocycles. The summed E-state index contributed by atoms with van der Waals surface area (Å²) in [7, 11) is -23.3. The van der Waals surface area contributed by atoms with Crippen molar-refractivity contribution in [1.29, 1.82) is 0 Å². The topological polar surface area (TPSA) is 347 Å². The van der Waals surface area contributed by atoms with Crippen LogP contribution in [0.1, 0.15) is 0 Å². The van der Waals surface area contributed by atoms with E-state index >= 15 is 0 Å². The number of hydrogen-bond acceptors (Lipinski definition) is 22. The molecule has 1 fully saturated rings. The monoisotopic (exact) mass is 627 g/mol. The van der Waals surface area contributed by atoms with Crippen molar-refractivity contribution in [2.45, 2.75) is 36.6 Å². The van der Waals surface area contributed by atoms with Gasteiger partial charge in [-0.1, -0.05) is 0 Å². The molecule has 0 aliphatic heterocycles. The van der Waals surface area contributed by atoms with Crippen molar-refractivity contribution in [3.8, 4) is 0 Å². The SMILES string of the molecule is COCCOCCOC1C(OS(=O)(=O)[O-])[C@H](OP(=O)([O-])[O-])C(OO[O-])C(OP(=O)([O-])[O-])[C@@H]1OS(=O)(=O)[O-]. The second-order valence-electron chi connectivity index (χ2n) is 6.54. The van der Waals surface area contributed by atoms with Gasteiger partial charge in [-0.05, 0) is 0 Å². The third-order valence-electron chi connectivity index (χ3n) is 4.02. The van der Waals surface area contributed by atoms with Crippen LogP contribution in [0.3, 0.4) is 0 Å². The summed E-state index contributed by atoms with van der Waals surface area (Å²) >= 11 is 0. The Balaban J connectivity index is 3.68. The van der Waals surface area contributed by atoms with E-state index in [9.17, 15) is 59.9 Å². The molecule has 37 heavy (non-hydrogen) atoms. The average Bonchev–Trinajstić information content (AvgIpc) is 2.68. The second-order valence-corrected chi connectivity index (χ2v) is 10.8. The fraction of sp³-hybridized carbons (Fsp3) is 1.00. The van der Waals surface area contributed by atoms with Crippen LogP contribution in [0, 0.1) is 0 Å². The predicted octanol–water partition coefficient (Wildman–Crippen LogP) is -7.24. The van der Waals surface area contributed by atoms with Crippen molar-refractivity contribution in [3.05, 3.63) is 0 Å². The lowest BCUT2D eigenvalue weighted by atomic mass is 9.85. The average molecular weight is 627 g/mol. The Morgan fingerprint density at radius 2 is 1.11 bits per heavy atom. The molecule has 0 aromatic carbocycles. The first-order chi connectivity index (χ1) is 16.8. The Hall–Kier alpha value is -0.280. The molecule has 0 amide bonds. The van der Waals surface area contributed by atoms with Gasteiger partial charge in [-0.15, -0.1) is 0 Å². The predicted molar refractivity (Wildman–Crippen MR) is 92.5 cm³/mol. The molecule has 1 aliphatic carbocycles. The quantitative estimate of drug-likeness (QED) is 0.0361. The summed E-state index contributed by atoms with van der Waals surface area (Å²) in [4.78, 5) is 49.0. The lowest BCUT2D eigenvalue weighted by molar-refractivity contribution is -0.807. The van der Waals surface area contributed by atoms with Gasteiger partial charge in [0.1, 0.15) is 30.5 Å². The highest BCUT2D eigenvalue weighted by molar-refractivity contribution is 7.81. The summed E-state index contributed by atoms with van der Waals surface area (Å²) in [5, 5.41) is 13.6. The molecule has 0 aromatic rings. The smallest absolute Gasteiger partial charge is 0.218 e. The molecule has 0 spiro atoms. The third-order valence-corrected chi connectivity index (χ3v) is 5.94. The van der Waals surface area contributed by atoms with E-state index in [4.69, 9.17) is 9.47 Å². The van der Waals surface area contributed by atoms with Crippen LogP contribution in [0.4, 0.5) is 0 Å². The molecule has 22 nitrogen and oxygen atoms in total. The van der Waals surface area contributed by atoms with E-state index in [0.29, 0.717) is 0 Å². The number of ether oxygens (including phenoxy) is 3. The van der Waals surface area contributed by atoms with Crippen LogP contribution < -0.4 is 24.8 Å². The van der Waals surface area contributed by atoms with Crippen molar-refractivity contribution < 1.29 is 101 Å². The molecule has 4 unspecified atom stereocenters. The maximum Gasteiger partial charge on any atom is 0.218 e. The molecule has 1 saturated carbocycles. The minimum Gasteiger partial charge on any atom is -0.790 e. The van der Waals surface area contributed by atoms with Crippen LogP contribution >= 0.6 is 15.6 Å². The van der Waals surface area contributed by atoms with Crippen LogP contribution in [-0.2, 0) is 71.5 Å². The van der Waals surface area contributed by atoms with Crippen LogP contribution in [0.5, 0.6) is 0 Å². The number of hydrogen-bond donors (Lipinski definition) is 0. The summed E-state index contributed by atoms with van der Waals surface area (Å²) in [6.45, 7) is -1.26. The Kier molecular flexibility index (Phi) is 13.5. The van der Waals surface area contributed by atoms with Crippen molar-refractivity contribution >= 4 is 36.4 Å². The van der Waals surface area contributed by atoms with Crippen LogP contribution in [-0.4, -0.2) is 96.1 Å². The maximum absolute atomic E-state index is 11.3. The highest BCUT2D eigenvalue weighted by Gasteiger charge is 2.57. The molecule has 0 heterocycles. The van der Waals surface area contributed by atoms with Gasteiger partial charge in [-0.25, -0.2) is 21.7 Å². The van der Waals surface area contributed by atoms with Crippen molar-refractivity contribution in [1.82, 2.24) is 0 Å². The summed E-state index contributed by atoms with van der Waals surface area (Å²) in [6.07, 6.45) is -17.1. The van der Waals surface area contributed by atoms with E-state index in [1.165, 1.54) is 7.11 Å². The fourth-order valence-corrected chi connectivity index (χ4v) is 5.04. The highest BCUT2D eigenvalue weighted by atomic mass is 32.3. The molecule has 1 rings (SSSR count). The zero-order valence-corrected chi connectivity index (χ0v) is 21.4. The second kappa shape index (κ2) is 14.4. The van der Waals surface area contributed by atoms with Crippen molar-refractivity contribution in [2.75, 3.05) is 33.5 Å². The normalized spacial score (nSPS) is 27.9. The molecule has 26 heteroatoms. The number of methoxy groups -OCH3 is 1. The third kappa shape index (κ3) is 13.6. The van der Waals surface area contributed by atoms with E-state index in [-0.39, 0.29) is 13.2 Å². The van der Waals surface area contributed by atoms with E-state index in [1.807, 2.05) is 0 Å². The van der Waals surface area contributed by atoms with E-state index in [1.54, 1.807) is 0 Å². The Morgan fingerprint density at radius 3 is 1.46 bits per heavy atom. The Bertz CT molecular complexity index is 934. The first-order valence-corrected chi connectivity index (χ1v) is 14.7. The standard InChI is InChI=1S/C11H24O22P2S2/c1-25-2-3-26-4-5-27-6-10(31-36(19,20)21)8(29-34(13,14)15)7(28-33-12)9(30-35(16,17)18)11(6)32-37(22,23)24/h6-12H,2-5H2,1H3,(H2,13,14,15)(H2,16,17,18)(H,19,20,21)(H,22,23,24)/p-7/t6?,7?,8-,9?,10?,11-/m1/s1. The van der Waals surface area contributed by atoms with Gasteiger partial charge in [-0.2, -0.15) is 0 Å². The molecule has 0 saturated heterocycles. The summed E-state index contributed by atoms with van der Waals surface area (Å²) in [5.74, 6) is 0. The van der Waals surface area contributed by atoms with Gasteiger partial charge < -0.3 is 66.3 Å². The van der Waals surface area contributed by atoms with Gasteiger partial charge in [-0.3, -0.25) is 13.4 Å². The van der Waals surface area contributed by atoms with Gasteiger partial charge in [0.15, 0.2) is 6.10 Å². The minimum atomic E-state index is -6.32. The number of phosphoric acid groups is 2. The Labute approximate surface area is 208 Å². The number of phosphoric ester groups is 2. The molecule has 222 valence electrons. The molecule has 6 atom stereocenters. The fourth-order valence-electron chi connectivity index (χ4n) is 2.98. The van der Waals surface area contributed by atoms with Gasteiger partial charge in [0.2, 0.25) is 20.8 Å². The van der Waals surface area contributed by atoms with Crippen LogP contribution in [0.2, 0.25) is 0 Å². The summed E-state index contributed by atoms with van der Waals surface area (Å²) < 4.78 is 121. The van der Waals surface area contributed by atoms with Gasteiger partial charge in [0, 0.05) is 7.11 Å². The van der Waals surface area contributed by atoms with Gasteiger partial charge in [0.25, 0.3) is 0 Å². The van der Waals surface area contributed by atoms with Crippen LogP contribution in [0.25, 0.3) is 0 Å². The van der Waals surface area contributed by atoms with Gasteiger partial charge in [0.05, 0.1) is 42.1 Å². The minimum absolute atomic E-state index is 0.0500. The van der Waals surface area contributed by atoms with Crippen molar-refractivity contribution in [3.63, 3.8) is 0 Å². The molecule has 0 bridgehead atoms. The molecule has 0 N–H and O–H groups in total. The van der Waals surface area contributed by atoms with Crippen molar-refractivity contribution in [2.24, 2.45) is 0 Å². The van der Waals surface area contributed by atoms with E-state index in [2.05, 4.69) is 32.1 Å². The Morgan fingerprint density at radius 1 is 0.676 bits per heavy atom. The molecule has 1 aliphatic rings. The first-order valence-electron chi connectivity index (χ1n) is 9.10. The molecular weight excluding hydrogens is 610 g/mol. The summed E-state index contributed by atoms with van der Waals surface area (Å²) in [5.41, 5.74) is 0. The first kappa shape index (κ1) is 34.7. The maximum atomic E-state index is 11.3. The number of rotatable bonds is 17. The highest BCUT2D eigenvalue weighted by Crippen LogP contribution is 2.43. The zero-order valence-electron chi connectivity index (χ0n) is 18.0. The summed E-state index contributed by atoms with van der Waals surface area (Å²) in [6, 6.07) is 0. The van der Waals surface area contributed by atoms with Gasteiger partial charge >= 0.3 is 0 Å². The largest absolute Gasteiger partial charge is 0.790 e. The lowest BCUT2D eigenvalue weighted by Crippen LogP contribution is -2.68. The lowest BCUT2D eigenvalue weighted by Gasteiger charge is -2.52. The molecule has 0 radical (unpaired) electrons. The zero-order chi connectivity index (χ0) is 28.7. The molecular formula is C11H17O22P2S2-7. The van der Waals surface area contributed by atoms with E-state index in [0.717, 1.165) is 0 Å². The van der Waals surface area contributed by atoms with E-state index < -0.39 is 86.3 Å².